The lowest BCUT2D eigenvalue weighted by Crippen LogP contribution is -2.33. The van der Waals surface area contributed by atoms with Gasteiger partial charge in [-0.05, 0) is 39.2 Å². The first kappa shape index (κ1) is 18.4. The molecule has 3 rings (SSSR count). The second-order valence-electron chi connectivity index (χ2n) is 5.94. The fourth-order valence-corrected chi connectivity index (χ4v) is 3.26. The highest BCUT2D eigenvalue weighted by atomic mass is 79.9. The number of halogens is 1. The van der Waals surface area contributed by atoms with E-state index in [-0.39, 0.29) is 5.91 Å². The van der Waals surface area contributed by atoms with Crippen molar-refractivity contribution in [3.8, 4) is 0 Å². The van der Waals surface area contributed by atoms with Gasteiger partial charge < -0.3 is 9.64 Å². The van der Waals surface area contributed by atoms with Gasteiger partial charge in [0.1, 0.15) is 0 Å². The Kier molecular flexibility index (Phi) is 6.21. The molecule has 0 fully saturated rings. The summed E-state index contributed by atoms with van der Waals surface area (Å²) < 4.78 is 6.92. The van der Waals surface area contributed by atoms with Gasteiger partial charge in [0, 0.05) is 11.5 Å². The third-order valence-corrected chi connectivity index (χ3v) is 4.80. The summed E-state index contributed by atoms with van der Waals surface area (Å²) in [5.41, 5.74) is 2.68. The molecule has 0 aliphatic heterocycles. The zero-order valence-electron chi connectivity index (χ0n) is 14.5. The number of nitrogens with zero attached hydrogens (tertiary/aromatic N) is 1. The normalized spacial score (nSPS) is 11.8. The maximum absolute atomic E-state index is 13.2. The number of hydrogen-bond donors (Lipinski definition) is 0. The summed E-state index contributed by atoms with van der Waals surface area (Å²) in [4.78, 5) is 14.8. The Labute approximate surface area is 162 Å². The highest BCUT2D eigenvalue weighted by Gasteiger charge is 2.26. The van der Waals surface area contributed by atoms with E-state index in [1.807, 2.05) is 84.9 Å². The Hall–Kier alpha value is -2.43. The summed E-state index contributed by atoms with van der Waals surface area (Å²) in [6, 6.07) is 27.1. The first-order valence-electron chi connectivity index (χ1n) is 8.39. The SMILES string of the molecule is CN(C(=O)C(OCc1ccccc1)c1ccccc1)c1ccccc1Br. The molecule has 0 aliphatic rings. The Morgan fingerprint density at radius 3 is 2.15 bits per heavy atom. The molecule has 0 radical (unpaired) electrons. The van der Waals surface area contributed by atoms with Gasteiger partial charge in [0.05, 0.1) is 12.3 Å². The van der Waals surface area contributed by atoms with Gasteiger partial charge in [0.2, 0.25) is 0 Å². The van der Waals surface area contributed by atoms with Crippen LogP contribution in [0.2, 0.25) is 0 Å². The molecule has 132 valence electrons. The van der Waals surface area contributed by atoms with E-state index in [4.69, 9.17) is 4.74 Å². The second-order valence-corrected chi connectivity index (χ2v) is 6.79. The lowest BCUT2D eigenvalue weighted by molar-refractivity contribution is -0.131. The van der Waals surface area contributed by atoms with E-state index in [2.05, 4.69) is 15.9 Å². The largest absolute Gasteiger partial charge is 0.359 e. The molecule has 0 spiro atoms. The van der Waals surface area contributed by atoms with Gasteiger partial charge in [-0.25, -0.2) is 0 Å². The molecular weight excluding hydrogens is 390 g/mol. The number of para-hydroxylation sites is 1. The first-order chi connectivity index (χ1) is 12.7. The number of ether oxygens (including phenoxy) is 1. The summed E-state index contributed by atoms with van der Waals surface area (Å²) in [5.74, 6) is -0.112. The van der Waals surface area contributed by atoms with Crippen molar-refractivity contribution < 1.29 is 9.53 Å². The average molecular weight is 410 g/mol. The number of likely N-dealkylation sites (N-methyl/N-ethyl adjacent to an activating group) is 1. The van der Waals surface area contributed by atoms with Crippen LogP contribution in [0.15, 0.2) is 89.4 Å². The van der Waals surface area contributed by atoms with Gasteiger partial charge in [-0.3, -0.25) is 4.79 Å². The van der Waals surface area contributed by atoms with Crippen molar-refractivity contribution >= 4 is 27.5 Å². The van der Waals surface area contributed by atoms with Crippen molar-refractivity contribution in [2.24, 2.45) is 0 Å². The highest BCUT2D eigenvalue weighted by Crippen LogP contribution is 2.29. The van der Waals surface area contributed by atoms with Crippen molar-refractivity contribution in [1.29, 1.82) is 0 Å². The number of amides is 1. The van der Waals surface area contributed by atoms with E-state index in [9.17, 15) is 4.79 Å². The van der Waals surface area contributed by atoms with Crippen LogP contribution in [0.5, 0.6) is 0 Å². The quantitative estimate of drug-likeness (QED) is 0.547. The van der Waals surface area contributed by atoms with Crippen molar-refractivity contribution in [3.63, 3.8) is 0 Å². The molecule has 0 aromatic heterocycles. The van der Waals surface area contributed by atoms with Gasteiger partial charge in [0.25, 0.3) is 5.91 Å². The number of carbonyl (C=O) groups is 1. The molecule has 26 heavy (non-hydrogen) atoms. The molecule has 0 aliphatic carbocycles. The van der Waals surface area contributed by atoms with Crippen LogP contribution in [-0.4, -0.2) is 13.0 Å². The van der Waals surface area contributed by atoms with E-state index >= 15 is 0 Å². The molecule has 3 aromatic rings. The van der Waals surface area contributed by atoms with Crippen LogP contribution in [0.3, 0.4) is 0 Å². The molecule has 0 heterocycles. The molecule has 1 atom stereocenters. The predicted octanol–water partition coefficient (Wildman–Crippen LogP) is 5.37. The summed E-state index contributed by atoms with van der Waals surface area (Å²) in [6.45, 7) is 0.371. The van der Waals surface area contributed by atoms with Gasteiger partial charge in [-0.2, -0.15) is 0 Å². The standard InChI is InChI=1S/C22H20BrNO2/c1-24(20-15-9-8-14-19(20)23)22(25)21(18-12-6-3-7-13-18)26-16-17-10-4-2-5-11-17/h2-15,21H,16H2,1H3. The molecule has 0 saturated carbocycles. The smallest absolute Gasteiger partial charge is 0.260 e. The minimum atomic E-state index is -0.673. The maximum atomic E-state index is 13.2. The molecular formula is C22H20BrNO2. The maximum Gasteiger partial charge on any atom is 0.260 e. The third kappa shape index (κ3) is 4.40. The summed E-state index contributed by atoms with van der Waals surface area (Å²) in [6.07, 6.45) is -0.673. The minimum absolute atomic E-state index is 0.112. The fourth-order valence-electron chi connectivity index (χ4n) is 2.71. The zero-order chi connectivity index (χ0) is 18.4. The number of carbonyl (C=O) groups excluding carboxylic acids is 1. The third-order valence-electron chi connectivity index (χ3n) is 4.13. The Morgan fingerprint density at radius 2 is 1.50 bits per heavy atom. The fraction of sp³-hybridized carbons (Fsp3) is 0.136. The Balaban J connectivity index is 1.85. The molecule has 0 bridgehead atoms. The number of rotatable bonds is 6. The monoisotopic (exact) mass is 409 g/mol. The van der Waals surface area contributed by atoms with Crippen LogP contribution in [0.4, 0.5) is 5.69 Å². The minimum Gasteiger partial charge on any atom is -0.359 e. The molecule has 0 saturated heterocycles. The highest BCUT2D eigenvalue weighted by molar-refractivity contribution is 9.10. The van der Waals surface area contributed by atoms with Crippen LogP contribution in [0, 0.1) is 0 Å². The lowest BCUT2D eigenvalue weighted by Gasteiger charge is -2.25. The van der Waals surface area contributed by atoms with Crippen LogP contribution in [-0.2, 0) is 16.1 Å². The lowest BCUT2D eigenvalue weighted by atomic mass is 10.1. The van der Waals surface area contributed by atoms with E-state index in [0.717, 1.165) is 21.3 Å². The van der Waals surface area contributed by atoms with Gasteiger partial charge in [0.15, 0.2) is 6.10 Å². The van der Waals surface area contributed by atoms with Gasteiger partial charge >= 0.3 is 0 Å². The van der Waals surface area contributed by atoms with E-state index < -0.39 is 6.10 Å². The molecule has 3 aromatic carbocycles. The molecule has 1 unspecified atom stereocenters. The van der Waals surface area contributed by atoms with Crippen LogP contribution in [0.25, 0.3) is 0 Å². The topological polar surface area (TPSA) is 29.5 Å². The second kappa shape index (κ2) is 8.79. The van der Waals surface area contributed by atoms with Crippen molar-refractivity contribution in [2.75, 3.05) is 11.9 Å². The number of benzene rings is 3. The number of anilines is 1. The van der Waals surface area contributed by atoms with Crippen LogP contribution in [0.1, 0.15) is 17.2 Å². The Bertz CT molecular complexity index is 852. The first-order valence-corrected chi connectivity index (χ1v) is 9.18. The molecule has 0 N–H and O–H groups in total. The van der Waals surface area contributed by atoms with Gasteiger partial charge in [-0.15, -0.1) is 0 Å². The van der Waals surface area contributed by atoms with E-state index in [1.165, 1.54) is 0 Å². The number of hydrogen-bond acceptors (Lipinski definition) is 2. The van der Waals surface area contributed by atoms with Gasteiger partial charge in [-0.1, -0.05) is 72.8 Å². The summed E-state index contributed by atoms with van der Waals surface area (Å²) >= 11 is 3.51. The van der Waals surface area contributed by atoms with Crippen LogP contribution < -0.4 is 4.90 Å². The summed E-state index contributed by atoms with van der Waals surface area (Å²) in [5, 5.41) is 0. The van der Waals surface area contributed by atoms with Crippen molar-refractivity contribution in [1.82, 2.24) is 0 Å². The summed E-state index contributed by atoms with van der Waals surface area (Å²) in [7, 11) is 1.77. The molecule has 1 amide bonds. The average Bonchev–Trinajstić information content (AvgIpc) is 2.69. The van der Waals surface area contributed by atoms with E-state index in [1.54, 1.807) is 11.9 Å². The molecule has 3 nitrogen and oxygen atoms in total. The zero-order valence-corrected chi connectivity index (χ0v) is 16.1. The van der Waals surface area contributed by atoms with Crippen molar-refractivity contribution in [2.45, 2.75) is 12.7 Å². The predicted molar refractivity (Wildman–Crippen MR) is 108 cm³/mol. The van der Waals surface area contributed by atoms with E-state index in [0.29, 0.717) is 6.61 Å². The van der Waals surface area contributed by atoms with Crippen LogP contribution >= 0.6 is 15.9 Å². The van der Waals surface area contributed by atoms with Crippen molar-refractivity contribution in [3.05, 3.63) is 101 Å². The Morgan fingerprint density at radius 1 is 0.923 bits per heavy atom. The molecule has 4 heteroatoms.